The average Bonchev–Trinajstić information content (AvgIpc) is 2.54. The fourth-order valence-electron chi connectivity index (χ4n) is 3.14. The van der Waals surface area contributed by atoms with Crippen LogP contribution in [-0.4, -0.2) is 16.8 Å². The highest BCUT2D eigenvalue weighted by Crippen LogP contribution is 2.35. The minimum atomic E-state index is -0.337. The van der Waals surface area contributed by atoms with Crippen LogP contribution in [0.2, 0.25) is 0 Å². The summed E-state index contributed by atoms with van der Waals surface area (Å²) in [5, 5.41) is 3.62. The highest BCUT2D eigenvalue weighted by Gasteiger charge is 2.29. The van der Waals surface area contributed by atoms with Crippen LogP contribution < -0.4 is 11.1 Å². The third-order valence-electron chi connectivity index (χ3n) is 4.42. The number of thioether (sulfide) groups is 1. The molecule has 25 heavy (non-hydrogen) atoms. The number of hydrogen-bond donors (Lipinski definition) is 2. The molecule has 4 nitrogen and oxygen atoms in total. The van der Waals surface area contributed by atoms with E-state index in [0.29, 0.717) is 10.7 Å². The molecule has 0 aromatic heterocycles. The molecule has 0 spiro atoms. The Morgan fingerprint density at radius 2 is 1.92 bits per heavy atom. The number of aliphatic imine (C=N–C) groups is 1. The molecule has 1 unspecified atom stereocenters. The van der Waals surface area contributed by atoms with E-state index in [9.17, 15) is 4.79 Å². The minimum absolute atomic E-state index is 0.101. The van der Waals surface area contributed by atoms with Crippen molar-refractivity contribution in [2.75, 3.05) is 11.1 Å². The molecule has 1 aliphatic heterocycles. The second kappa shape index (κ2) is 6.92. The maximum Gasteiger partial charge on any atom is 0.255 e. The Morgan fingerprint density at radius 3 is 2.60 bits per heavy atom. The molecule has 2 aromatic carbocycles. The van der Waals surface area contributed by atoms with E-state index >= 15 is 0 Å². The van der Waals surface area contributed by atoms with E-state index in [1.807, 2.05) is 50.2 Å². The summed E-state index contributed by atoms with van der Waals surface area (Å²) in [7, 11) is 0. The average molecular weight is 353 g/mol. The van der Waals surface area contributed by atoms with Gasteiger partial charge >= 0.3 is 0 Å². The molecule has 130 valence electrons. The zero-order valence-corrected chi connectivity index (χ0v) is 15.6. The third kappa shape index (κ3) is 4.04. The maximum absolute atomic E-state index is 12.6. The lowest BCUT2D eigenvalue weighted by Gasteiger charge is -2.30. The Bertz CT molecular complexity index is 826. The number of amides is 1. The number of hydrogen-bond acceptors (Lipinski definition) is 4. The second-order valence-corrected chi connectivity index (χ2v) is 7.85. The predicted octanol–water partition coefficient (Wildman–Crippen LogP) is 4.22. The van der Waals surface area contributed by atoms with Crippen LogP contribution in [0, 0.1) is 13.8 Å². The second-order valence-electron chi connectivity index (χ2n) is 6.73. The fraction of sp³-hybridized carbons (Fsp3) is 0.300. The molecule has 3 N–H and O–H groups in total. The minimum Gasteiger partial charge on any atom is -0.379 e. The van der Waals surface area contributed by atoms with Crippen molar-refractivity contribution in [3.63, 3.8) is 0 Å². The summed E-state index contributed by atoms with van der Waals surface area (Å²) >= 11 is 1.59. The lowest BCUT2D eigenvalue weighted by molar-refractivity contribution is 0.102. The molecule has 0 fully saturated rings. The number of aryl methyl sites for hydroxylation is 2. The molecule has 1 heterocycles. The van der Waals surface area contributed by atoms with Crippen LogP contribution in [0.1, 0.15) is 40.4 Å². The molecular formula is C20H23N3OS. The van der Waals surface area contributed by atoms with Crippen molar-refractivity contribution in [1.82, 2.24) is 0 Å². The van der Waals surface area contributed by atoms with Crippen LogP contribution in [0.15, 0.2) is 47.5 Å². The van der Waals surface area contributed by atoms with E-state index in [1.54, 1.807) is 11.8 Å². The molecule has 0 bridgehead atoms. The van der Waals surface area contributed by atoms with Crippen LogP contribution in [0.25, 0.3) is 0 Å². The number of anilines is 1. The Labute approximate surface area is 152 Å². The monoisotopic (exact) mass is 353 g/mol. The summed E-state index contributed by atoms with van der Waals surface area (Å²) in [4.78, 5) is 17.2. The molecule has 2 aromatic rings. The van der Waals surface area contributed by atoms with Gasteiger partial charge < -0.3 is 11.1 Å². The zero-order valence-electron chi connectivity index (χ0n) is 14.8. The molecule has 0 saturated carbocycles. The van der Waals surface area contributed by atoms with E-state index in [1.165, 1.54) is 0 Å². The summed E-state index contributed by atoms with van der Waals surface area (Å²) < 4.78 is 0. The van der Waals surface area contributed by atoms with Crippen molar-refractivity contribution in [1.29, 1.82) is 0 Å². The molecule has 0 radical (unpaired) electrons. The summed E-state index contributed by atoms with van der Waals surface area (Å²) in [6.07, 6.45) is 0.923. The fourth-order valence-corrected chi connectivity index (χ4v) is 4.11. The SMILES string of the molecule is Cc1cc(C)cc(C(=O)Nc2cccc(C3(C)CCSC(N)=N3)c2)c1. The highest BCUT2D eigenvalue weighted by atomic mass is 32.2. The van der Waals surface area contributed by atoms with Crippen LogP contribution in [-0.2, 0) is 5.54 Å². The van der Waals surface area contributed by atoms with Crippen molar-refractivity contribution in [3.05, 3.63) is 64.7 Å². The standard InChI is InChI=1S/C20H23N3OS/c1-13-9-14(2)11-15(10-13)18(24)22-17-6-4-5-16(12-17)20(3)7-8-25-19(21)23-20/h4-6,9-12H,7-8H2,1-3H3,(H2,21,23)(H,22,24). The van der Waals surface area contributed by atoms with Gasteiger partial charge in [-0.25, -0.2) is 0 Å². The van der Waals surface area contributed by atoms with Crippen LogP contribution in [0.3, 0.4) is 0 Å². The Morgan fingerprint density at radius 1 is 1.20 bits per heavy atom. The topological polar surface area (TPSA) is 67.5 Å². The van der Waals surface area contributed by atoms with Crippen molar-refractivity contribution < 1.29 is 4.79 Å². The third-order valence-corrected chi connectivity index (χ3v) is 5.22. The number of nitrogens with one attached hydrogen (secondary N) is 1. The summed E-state index contributed by atoms with van der Waals surface area (Å²) in [6.45, 7) is 6.08. The maximum atomic E-state index is 12.6. The largest absolute Gasteiger partial charge is 0.379 e. The smallest absolute Gasteiger partial charge is 0.255 e. The van der Waals surface area contributed by atoms with Crippen molar-refractivity contribution in [2.45, 2.75) is 32.7 Å². The first-order chi connectivity index (χ1) is 11.9. The van der Waals surface area contributed by atoms with Gasteiger partial charge in [-0.05, 0) is 57.0 Å². The molecule has 1 amide bonds. The van der Waals surface area contributed by atoms with Crippen molar-refractivity contribution in [2.24, 2.45) is 10.7 Å². The van der Waals surface area contributed by atoms with E-state index < -0.39 is 0 Å². The summed E-state index contributed by atoms with van der Waals surface area (Å²) in [5.41, 5.74) is 10.2. The highest BCUT2D eigenvalue weighted by molar-refractivity contribution is 8.13. The molecule has 0 saturated heterocycles. The molecule has 5 heteroatoms. The van der Waals surface area contributed by atoms with Gasteiger partial charge in [0.15, 0.2) is 5.17 Å². The van der Waals surface area contributed by atoms with Gasteiger partial charge in [-0.15, -0.1) is 0 Å². The lowest BCUT2D eigenvalue weighted by atomic mass is 9.89. The van der Waals surface area contributed by atoms with Gasteiger partial charge in [0.25, 0.3) is 5.91 Å². The molecule has 1 aliphatic rings. The van der Waals surface area contributed by atoms with Gasteiger partial charge in [-0.2, -0.15) is 0 Å². The molecule has 3 rings (SSSR count). The molecular weight excluding hydrogens is 330 g/mol. The van der Waals surface area contributed by atoms with Gasteiger partial charge in [0, 0.05) is 17.0 Å². The first-order valence-electron chi connectivity index (χ1n) is 8.34. The predicted molar refractivity (Wildman–Crippen MR) is 106 cm³/mol. The first kappa shape index (κ1) is 17.5. The summed E-state index contributed by atoms with van der Waals surface area (Å²) in [5.74, 6) is 0.849. The lowest BCUT2D eigenvalue weighted by Crippen LogP contribution is -2.28. The van der Waals surface area contributed by atoms with Gasteiger partial charge in [-0.1, -0.05) is 41.1 Å². The van der Waals surface area contributed by atoms with E-state index in [0.717, 1.165) is 34.6 Å². The number of carbonyl (C=O) groups excluding carboxylic acids is 1. The van der Waals surface area contributed by atoms with Gasteiger partial charge in [0.1, 0.15) is 0 Å². The van der Waals surface area contributed by atoms with Crippen LogP contribution >= 0.6 is 11.8 Å². The van der Waals surface area contributed by atoms with Gasteiger partial charge in [0.2, 0.25) is 0 Å². The van der Waals surface area contributed by atoms with Gasteiger partial charge in [-0.3, -0.25) is 9.79 Å². The van der Waals surface area contributed by atoms with Crippen molar-refractivity contribution in [3.8, 4) is 0 Å². The Balaban J connectivity index is 1.84. The van der Waals surface area contributed by atoms with E-state index in [2.05, 4.69) is 23.3 Å². The number of amidine groups is 1. The first-order valence-corrected chi connectivity index (χ1v) is 9.33. The quantitative estimate of drug-likeness (QED) is 0.868. The van der Waals surface area contributed by atoms with E-state index in [-0.39, 0.29) is 11.4 Å². The van der Waals surface area contributed by atoms with Crippen LogP contribution in [0.5, 0.6) is 0 Å². The molecule has 1 atom stereocenters. The van der Waals surface area contributed by atoms with Crippen molar-refractivity contribution >= 4 is 28.5 Å². The number of nitrogens with two attached hydrogens (primary N) is 1. The Hall–Kier alpha value is -2.27. The Kier molecular flexibility index (Phi) is 4.86. The normalized spacial score (nSPS) is 20.0. The number of rotatable bonds is 3. The molecule has 0 aliphatic carbocycles. The number of benzene rings is 2. The summed E-state index contributed by atoms with van der Waals surface area (Å²) in [6, 6.07) is 13.7. The van der Waals surface area contributed by atoms with E-state index in [4.69, 9.17) is 5.73 Å². The van der Waals surface area contributed by atoms with Crippen LogP contribution in [0.4, 0.5) is 5.69 Å². The number of carbonyl (C=O) groups is 1. The zero-order chi connectivity index (χ0) is 18.0. The van der Waals surface area contributed by atoms with Gasteiger partial charge in [0.05, 0.1) is 5.54 Å². The number of nitrogens with zero attached hydrogens (tertiary/aromatic N) is 1.